The molecular formula is C16H20FN5O2. The quantitative estimate of drug-likeness (QED) is 0.921. The van der Waals surface area contributed by atoms with E-state index in [0.717, 1.165) is 25.9 Å². The first-order valence-electron chi connectivity index (χ1n) is 7.84. The smallest absolute Gasteiger partial charge is 0.280 e. The van der Waals surface area contributed by atoms with Crippen molar-refractivity contribution in [3.63, 3.8) is 0 Å². The monoisotopic (exact) mass is 333 g/mol. The van der Waals surface area contributed by atoms with E-state index in [1.165, 1.54) is 24.1 Å². The lowest BCUT2D eigenvalue weighted by molar-refractivity contribution is 0.0988. The van der Waals surface area contributed by atoms with Crippen LogP contribution in [-0.4, -0.2) is 48.1 Å². The lowest BCUT2D eigenvalue weighted by Gasteiger charge is -2.22. The second kappa shape index (κ2) is 6.96. The van der Waals surface area contributed by atoms with Crippen molar-refractivity contribution in [2.45, 2.75) is 18.9 Å². The molecule has 7 nitrogen and oxygen atoms in total. The molecule has 0 radical (unpaired) electrons. The van der Waals surface area contributed by atoms with Gasteiger partial charge in [0.2, 0.25) is 0 Å². The Balaban J connectivity index is 1.76. The van der Waals surface area contributed by atoms with E-state index in [0.29, 0.717) is 5.69 Å². The van der Waals surface area contributed by atoms with Crippen LogP contribution in [0.2, 0.25) is 0 Å². The molecule has 1 saturated heterocycles. The molecule has 128 valence electrons. The highest BCUT2D eigenvalue weighted by Crippen LogP contribution is 2.24. The number of carbonyl (C=O) groups excluding carboxylic acids is 1. The highest BCUT2D eigenvalue weighted by atomic mass is 19.1. The zero-order valence-electron chi connectivity index (χ0n) is 13.7. The number of anilines is 1. The Kier molecular flexibility index (Phi) is 4.75. The van der Waals surface area contributed by atoms with Crippen LogP contribution < -0.4 is 15.0 Å². The van der Waals surface area contributed by atoms with Crippen LogP contribution >= 0.6 is 0 Å². The summed E-state index contributed by atoms with van der Waals surface area (Å²) in [5.41, 5.74) is 0.668. The topological polar surface area (TPSA) is 72.3 Å². The average Bonchev–Trinajstić information content (AvgIpc) is 3.11. The van der Waals surface area contributed by atoms with Crippen molar-refractivity contribution in [1.29, 1.82) is 0 Å². The number of methoxy groups -OCH3 is 1. The first kappa shape index (κ1) is 16.4. The van der Waals surface area contributed by atoms with E-state index in [1.54, 1.807) is 24.0 Å². The maximum absolute atomic E-state index is 13.8. The predicted molar refractivity (Wildman–Crippen MR) is 86.8 cm³/mol. The molecule has 1 fully saturated rings. The van der Waals surface area contributed by atoms with Gasteiger partial charge in [0.1, 0.15) is 0 Å². The van der Waals surface area contributed by atoms with Gasteiger partial charge >= 0.3 is 0 Å². The summed E-state index contributed by atoms with van der Waals surface area (Å²) in [5.74, 6) is -0.718. The Morgan fingerprint density at radius 2 is 2.17 bits per heavy atom. The number of nitrogens with zero attached hydrogens (tertiary/aromatic N) is 4. The molecule has 24 heavy (non-hydrogen) atoms. The molecule has 1 aliphatic heterocycles. The summed E-state index contributed by atoms with van der Waals surface area (Å²) in [4.78, 5) is 13.9. The number of ether oxygens (including phenoxy) is 1. The van der Waals surface area contributed by atoms with E-state index in [4.69, 9.17) is 4.74 Å². The molecule has 1 aromatic heterocycles. The summed E-state index contributed by atoms with van der Waals surface area (Å²) < 4.78 is 20.5. The van der Waals surface area contributed by atoms with Gasteiger partial charge in [-0.1, -0.05) is 5.21 Å². The number of hydrogen-bond donors (Lipinski definition) is 1. The van der Waals surface area contributed by atoms with Crippen LogP contribution in [0.25, 0.3) is 0 Å². The number of amides is 1. The Morgan fingerprint density at radius 1 is 1.42 bits per heavy atom. The van der Waals surface area contributed by atoms with Crippen molar-refractivity contribution in [2.24, 2.45) is 0 Å². The van der Waals surface area contributed by atoms with Crippen LogP contribution in [0.5, 0.6) is 5.75 Å². The molecule has 1 aliphatic rings. The Morgan fingerprint density at radius 3 is 2.83 bits per heavy atom. The standard InChI is InChI=1S/C16H20FN5O2/c1-21(12-3-4-15(24-2)13(17)9-12)16(23)14-10-22(20-19-14)11-5-7-18-8-6-11/h3-4,9-11,18H,5-8H2,1-2H3. The summed E-state index contributed by atoms with van der Waals surface area (Å²) in [6.45, 7) is 1.86. The number of aromatic nitrogens is 3. The Labute approximate surface area is 139 Å². The minimum Gasteiger partial charge on any atom is -0.494 e. The molecular weight excluding hydrogens is 313 g/mol. The number of rotatable bonds is 4. The van der Waals surface area contributed by atoms with E-state index in [2.05, 4.69) is 15.6 Å². The second-order valence-electron chi connectivity index (χ2n) is 5.75. The number of nitrogens with one attached hydrogen (secondary N) is 1. The van der Waals surface area contributed by atoms with Crippen molar-refractivity contribution in [3.05, 3.63) is 35.9 Å². The first-order chi connectivity index (χ1) is 11.6. The highest BCUT2D eigenvalue weighted by Gasteiger charge is 2.21. The molecule has 8 heteroatoms. The van der Waals surface area contributed by atoms with Gasteiger partial charge in [-0.25, -0.2) is 9.07 Å². The van der Waals surface area contributed by atoms with Gasteiger partial charge in [-0.05, 0) is 38.1 Å². The molecule has 1 aromatic carbocycles. The van der Waals surface area contributed by atoms with Crippen molar-refractivity contribution in [3.8, 4) is 5.75 Å². The third kappa shape index (κ3) is 3.23. The van der Waals surface area contributed by atoms with E-state index in [1.807, 2.05) is 0 Å². The van der Waals surface area contributed by atoms with E-state index < -0.39 is 5.82 Å². The fourth-order valence-electron chi connectivity index (χ4n) is 2.78. The number of carbonyl (C=O) groups is 1. The van der Waals surface area contributed by atoms with E-state index in [-0.39, 0.29) is 23.4 Å². The summed E-state index contributed by atoms with van der Waals surface area (Å²) >= 11 is 0. The third-order valence-electron chi connectivity index (χ3n) is 4.24. The molecule has 1 N–H and O–H groups in total. The van der Waals surface area contributed by atoms with Crippen LogP contribution in [0.3, 0.4) is 0 Å². The van der Waals surface area contributed by atoms with Crippen LogP contribution in [0.1, 0.15) is 29.4 Å². The lowest BCUT2D eigenvalue weighted by Crippen LogP contribution is -2.29. The zero-order valence-corrected chi connectivity index (χ0v) is 13.7. The van der Waals surface area contributed by atoms with Crippen molar-refractivity contribution in [1.82, 2.24) is 20.3 Å². The van der Waals surface area contributed by atoms with Crippen molar-refractivity contribution < 1.29 is 13.9 Å². The van der Waals surface area contributed by atoms with Gasteiger partial charge in [0.05, 0.1) is 19.3 Å². The van der Waals surface area contributed by atoms with Gasteiger partial charge < -0.3 is 15.0 Å². The van der Waals surface area contributed by atoms with Crippen LogP contribution in [0.15, 0.2) is 24.4 Å². The molecule has 0 unspecified atom stereocenters. The minimum atomic E-state index is -0.520. The molecule has 1 amide bonds. The summed E-state index contributed by atoms with van der Waals surface area (Å²) in [5, 5.41) is 11.3. The maximum atomic E-state index is 13.8. The van der Waals surface area contributed by atoms with Gasteiger partial charge in [0.25, 0.3) is 5.91 Å². The normalized spacial score (nSPS) is 15.3. The molecule has 2 heterocycles. The average molecular weight is 333 g/mol. The van der Waals surface area contributed by atoms with Gasteiger partial charge in [-0.3, -0.25) is 4.79 Å². The van der Waals surface area contributed by atoms with Crippen molar-refractivity contribution >= 4 is 11.6 Å². The predicted octanol–water partition coefficient (Wildman–Crippen LogP) is 1.63. The van der Waals surface area contributed by atoms with Crippen LogP contribution in [0, 0.1) is 5.82 Å². The lowest BCUT2D eigenvalue weighted by atomic mass is 10.1. The summed E-state index contributed by atoms with van der Waals surface area (Å²) in [7, 11) is 2.97. The van der Waals surface area contributed by atoms with Gasteiger partial charge in [0.15, 0.2) is 17.3 Å². The first-order valence-corrected chi connectivity index (χ1v) is 7.84. The number of halogens is 1. The maximum Gasteiger partial charge on any atom is 0.280 e. The molecule has 3 rings (SSSR count). The minimum absolute atomic E-state index is 0.136. The Bertz CT molecular complexity index is 727. The fraction of sp³-hybridized carbons (Fsp3) is 0.438. The molecule has 0 atom stereocenters. The number of benzene rings is 1. The number of hydrogen-bond acceptors (Lipinski definition) is 5. The van der Waals surface area contributed by atoms with Crippen LogP contribution in [0.4, 0.5) is 10.1 Å². The van der Waals surface area contributed by atoms with E-state index in [9.17, 15) is 9.18 Å². The highest BCUT2D eigenvalue weighted by molar-refractivity contribution is 6.04. The molecule has 0 aliphatic carbocycles. The van der Waals surface area contributed by atoms with Crippen LogP contribution in [-0.2, 0) is 0 Å². The molecule has 2 aromatic rings. The second-order valence-corrected chi connectivity index (χ2v) is 5.75. The summed E-state index contributed by atoms with van der Waals surface area (Å²) in [6.07, 6.45) is 3.57. The molecule has 0 spiro atoms. The van der Waals surface area contributed by atoms with Crippen molar-refractivity contribution in [2.75, 3.05) is 32.1 Å². The molecule has 0 bridgehead atoms. The third-order valence-corrected chi connectivity index (χ3v) is 4.24. The largest absolute Gasteiger partial charge is 0.494 e. The number of piperidine rings is 1. The van der Waals surface area contributed by atoms with Gasteiger partial charge in [-0.15, -0.1) is 5.10 Å². The van der Waals surface area contributed by atoms with Gasteiger partial charge in [-0.2, -0.15) is 0 Å². The zero-order chi connectivity index (χ0) is 17.1. The van der Waals surface area contributed by atoms with E-state index >= 15 is 0 Å². The summed E-state index contributed by atoms with van der Waals surface area (Å²) in [6, 6.07) is 4.62. The van der Waals surface area contributed by atoms with Gasteiger partial charge in [0, 0.05) is 18.8 Å². The molecule has 0 saturated carbocycles. The Hall–Kier alpha value is -2.48. The SMILES string of the molecule is COc1ccc(N(C)C(=O)c2cn(C3CCNCC3)nn2)cc1F. The fourth-order valence-corrected chi connectivity index (χ4v) is 2.78.